The number of thioether (sulfide) groups is 1. The van der Waals surface area contributed by atoms with Crippen molar-refractivity contribution in [2.75, 3.05) is 44.7 Å². The van der Waals surface area contributed by atoms with Crippen LogP contribution in [-0.2, 0) is 75.2 Å². The van der Waals surface area contributed by atoms with Crippen LogP contribution < -0.4 is 82.7 Å². The van der Waals surface area contributed by atoms with Gasteiger partial charge in [-0.15, -0.1) is 0 Å². The maximum Gasteiger partial charge on any atom is 0.245 e. The molecule has 31 nitrogen and oxygen atoms in total. The molecule has 0 bridgehead atoms. The molecule has 0 aromatic heterocycles. The summed E-state index contributed by atoms with van der Waals surface area (Å²) in [6.45, 7) is 3.86. The number of carbonyl (C=O) groups is 13. The van der Waals surface area contributed by atoms with Crippen molar-refractivity contribution in [2.24, 2.45) is 51.0 Å². The van der Waals surface area contributed by atoms with E-state index in [1.165, 1.54) is 21.6 Å². The van der Waals surface area contributed by atoms with E-state index >= 15 is 0 Å². The first-order valence-electron chi connectivity index (χ1n) is 32.2. The van der Waals surface area contributed by atoms with E-state index in [4.69, 9.17) is 40.1 Å². The number of guanidine groups is 1. The molecule has 0 saturated carbocycles. The highest BCUT2D eigenvalue weighted by Crippen LogP contribution is 2.24. The molecule has 2 aliphatic heterocycles. The molecule has 32 heteroatoms. The summed E-state index contributed by atoms with van der Waals surface area (Å²) in [6.07, 6.45) is 3.12. The van der Waals surface area contributed by atoms with E-state index in [0.29, 0.717) is 55.4 Å². The number of carbonyl (C=O) groups excluding carboxylic acids is 13. The summed E-state index contributed by atoms with van der Waals surface area (Å²) >= 11 is 1.45. The third-order valence-corrected chi connectivity index (χ3v) is 16.7. The number of unbranched alkanes of at least 4 members (excludes halogenated alkanes) is 1. The molecular formula is C63H98N18O13S. The van der Waals surface area contributed by atoms with Gasteiger partial charge in [0.25, 0.3) is 0 Å². The number of hydrogen-bond acceptors (Lipinski definition) is 17. The van der Waals surface area contributed by atoms with Gasteiger partial charge in [0.05, 0.1) is 12.6 Å². The van der Waals surface area contributed by atoms with E-state index in [9.17, 15) is 62.3 Å². The van der Waals surface area contributed by atoms with Crippen molar-refractivity contribution in [3.63, 3.8) is 0 Å². The summed E-state index contributed by atoms with van der Waals surface area (Å²) in [6, 6.07) is 4.51. The quantitative estimate of drug-likeness (QED) is 0.0173. The minimum absolute atomic E-state index is 0.0736. The largest absolute Gasteiger partial charge is 0.370 e. The highest BCUT2D eigenvalue weighted by Gasteiger charge is 2.42. The minimum Gasteiger partial charge on any atom is -0.370 e. The van der Waals surface area contributed by atoms with Crippen LogP contribution >= 0.6 is 11.8 Å². The smallest absolute Gasteiger partial charge is 0.245 e. The number of nitrogens with two attached hydrogens (primary N) is 7. The van der Waals surface area contributed by atoms with E-state index in [0.717, 1.165) is 0 Å². The van der Waals surface area contributed by atoms with Crippen molar-refractivity contribution in [1.29, 1.82) is 0 Å². The normalized spacial score (nSPS) is 16.8. The average molecular weight is 1350 g/mol. The van der Waals surface area contributed by atoms with Crippen LogP contribution in [0.4, 0.5) is 0 Å². The van der Waals surface area contributed by atoms with Crippen LogP contribution in [0.3, 0.4) is 0 Å². The number of hydrogen-bond donors (Lipinski definition) is 15. The van der Waals surface area contributed by atoms with E-state index < -0.39 is 169 Å². The molecule has 4 rings (SSSR count). The van der Waals surface area contributed by atoms with Crippen molar-refractivity contribution >= 4 is 94.5 Å². The Morgan fingerprint density at radius 2 is 1.01 bits per heavy atom. The third-order valence-electron chi connectivity index (χ3n) is 16.0. The second kappa shape index (κ2) is 41.0. The van der Waals surface area contributed by atoms with Crippen LogP contribution in [0, 0.1) is 5.92 Å². The van der Waals surface area contributed by atoms with Gasteiger partial charge in [-0.25, -0.2) is 0 Å². The van der Waals surface area contributed by atoms with Gasteiger partial charge in [-0.05, 0) is 119 Å². The maximum absolute atomic E-state index is 14.7. The van der Waals surface area contributed by atoms with Gasteiger partial charge in [-0.3, -0.25) is 67.3 Å². The van der Waals surface area contributed by atoms with Gasteiger partial charge in [-0.1, -0.05) is 74.5 Å². The second-order valence-electron chi connectivity index (χ2n) is 24.1. The number of amides is 13. The molecule has 0 spiro atoms. The lowest BCUT2D eigenvalue weighted by atomic mass is 10.0. The fourth-order valence-corrected chi connectivity index (χ4v) is 11.5. The summed E-state index contributed by atoms with van der Waals surface area (Å²) in [5.41, 5.74) is 40.6. The van der Waals surface area contributed by atoms with Gasteiger partial charge in [0, 0.05) is 45.3 Å². The van der Waals surface area contributed by atoms with Crippen LogP contribution in [0.2, 0.25) is 0 Å². The predicted octanol–water partition coefficient (Wildman–Crippen LogP) is -3.71. The van der Waals surface area contributed by atoms with Crippen molar-refractivity contribution in [3.05, 3.63) is 71.8 Å². The Morgan fingerprint density at radius 1 is 0.537 bits per heavy atom. The van der Waals surface area contributed by atoms with E-state index in [1.807, 2.05) is 20.1 Å². The summed E-state index contributed by atoms with van der Waals surface area (Å²) in [7, 11) is 0. The summed E-state index contributed by atoms with van der Waals surface area (Å²) in [5, 5.41) is 21.1. The molecule has 2 aromatic rings. The van der Waals surface area contributed by atoms with Crippen LogP contribution in [0.1, 0.15) is 121 Å². The number of rotatable bonds is 42. The zero-order chi connectivity index (χ0) is 70.1. The van der Waals surface area contributed by atoms with Gasteiger partial charge in [0.15, 0.2) is 5.96 Å². The van der Waals surface area contributed by atoms with Gasteiger partial charge >= 0.3 is 0 Å². The summed E-state index contributed by atoms with van der Waals surface area (Å²) in [5.74, 6) is -9.80. The first-order chi connectivity index (χ1) is 45.2. The zero-order valence-corrected chi connectivity index (χ0v) is 55.3. The monoisotopic (exact) mass is 1350 g/mol. The third kappa shape index (κ3) is 27.5. The number of aliphatic imine (C=N–C) groups is 1. The van der Waals surface area contributed by atoms with Crippen LogP contribution in [0.15, 0.2) is 65.7 Å². The molecule has 2 saturated heterocycles. The molecule has 2 heterocycles. The molecule has 524 valence electrons. The molecular weight excluding hydrogens is 1250 g/mol. The molecule has 0 unspecified atom stereocenters. The molecule has 0 radical (unpaired) electrons. The topological polar surface area (TPSA) is 519 Å². The van der Waals surface area contributed by atoms with Gasteiger partial charge < -0.3 is 92.5 Å². The summed E-state index contributed by atoms with van der Waals surface area (Å²) in [4.78, 5) is 185. The number of likely N-dealkylation sites (tertiary alicyclic amines) is 2. The molecule has 10 atom stereocenters. The predicted molar refractivity (Wildman–Crippen MR) is 356 cm³/mol. The Bertz CT molecular complexity index is 2960. The highest BCUT2D eigenvalue weighted by atomic mass is 32.2. The van der Waals surface area contributed by atoms with Gasteiger partial charge in [-0.2, -0.15) is 11.8 Å². The lowest BCUT2D eigenvalue weighted by Gasteiger charge is -2.32. The second-order valence-corrected chi connectivity index (χ2v) is 25.1. The summed E-state index contributed by atoms with van der Waals surface area (Å²) < 4.78 is 0. The first kappa shape index (κ1) is 78.5. The Labute approximate surface area is 558 Å². The molecule has 13 amide bonds. The highest BCUT2D eigenvalue weighted by molar-refractivity contribution is 7.98. The van der Waals surface area contributed by atoms with Crippen molar-refractivity contribution in [3.8, 4) is 0 Å². The van der Waals surface area contributed by atoms with Crippen molar-refractivity contribution in [1.82, 2.24) is 52.3 Å². The van der Waals surface area contributed by atoms with Crippen molar-refractivity contribution in [2.45, 2.75) is 183 Å². The van der Waals surface area contributed by atoms with Gasteiger partial charge in [0.1, 0.15) is 54.4 Å². The van der Waals surface area contributed by atoms with E-state index in [1.54, 1.807) is 60.7 Å². The fourth-order valence-electron chi connectivity index (χ4n) is 11.0. The minimum atomic E-state index is -1.64. The number of nitrogens with one attached hydrogen (secondary N) is 8. The van der Waals surface area contributed by atoms with Gasteiger partial charge in [0.2, 0.25) is 76.8 Å². The standard InChI is InChI=1S/C63H98N18O13S/c1-37(2)33-45(57(89)74-41(53(68)85)27-32-95-3)73-52(84)36-72-54(86)46(34-38-15-6-4-7-16-38)78-58(90)47(35-39-17-8-5-9-18-39)79-56(88)42(23-25-50(66)82)75-55(87)43(24-26-51(67)83)76-59(91)49-22-14-31-81(49)62(94)44(20-10-11-28-64)77-60(92)48-21-13-30-80(48)61(93)40(65)19-12-29-71-63(69)70/h4-9,15-18,37,40-49H,10-14,19-36,64-65H2,1-3H3,(H2,66,82)(H2,67,83)(H2,68,85)(H,72,86)(H,73,84)(H,74,89)(H,75,87)(H,76,91)(H,77,92)(H,78,90)(H,79,88)(H4,69,70,71)/t40-,41-,42-,43+,44+,45-,46-,47+,48-,49-/m0/s1. The SMILES string of the molecule is CSCC[C@H](NC(=O)[C@H](CC(C)C)NC(=O)CNC(=O)[C@H](Cc1ccccc1)NC(=O)[C@@H](Cc1ccccc1)NC(=O)[C@H](CCC(N)=O)NC(=O)[C@@H](CCC(N)=O)NC(=O)[C@@H]1CCCN1C(=O)[C@@H](CCCCN)NC(=O)[C@@H]1CCCN1C(=O)[C@@H](N)CCCN=C(N)N)C(N)=O. The Hall–Kier alpha value is -8.91. The maximum atomic E-state index is 14.7. The van der Waals surface area contributed by atoms with Crippen LogP contribution in [0.5, 0.6) is 0 Å². The first-order valence-corrected chi connectivity index (χ1v) is 33.6. The van der Waals surface area contributed by atoms with Crippen molar-refractivity contribution < 1.29 is 62.3 Å². The Morgan fingerprint density at radius 3 is 1.51 bits per heavy atom. The lowest BCUT2D eigenvalue weighted by molar-refractivity contribution is -0.144. The number of primary amides is 3. The van der Waals surface area contributed by atoms with Crippen LogP contribution in [-0.4, -0.2) is 198 Å². The van der Waals surface area contributed by atoms with Crippen LogP contribution in [0.25, 0.3) is 0 Å². The molecule has 22 N–H and O–H groups in total. The fraction of sp³-hybridized carbons (Fsp3) is 0.587. The molecule has 2 aliphatic rings. The number of nitrogens with zero attached hydrogens (tertiary/aromatic N) is 3. The van der Waals surface area contributed by atoms with E-state index in [-0.39, 0.29) is 83.0 Å². The molecule has 0 aliphatic carbocycles. The zero-order valence-electron chi connectivity index (χ0n) is 54.5. The molecule has 2 fully saturated rings. The molecule has 2 aromatic carbocycles. The Balaban J connectivity index is 1.56. The average Bonchev–Trinajstić information content (AvgIpc) is 1.74. The Kier molecular flexibility index (Phi) is 33.9. The molecule has 95 heavy (non-hydrogen) atoms. The number of benzene rings is 2. The van der Waals surface area contributed by atoms with E-state index in [2.05, 4.69) is 47.5 Å². The lowest BCUT2D eigenvalue weighted by Crippen LogP contribution is -2.60.